The summed E-state index contributed by atoms with van der Waals surface area (Å²) in [4.78, 5) is 9.50. The summed E-state index contributed by atoms with van der Waals surface area (Å²) in [5, 5.41) is 3.24. The first-order chi connectivity index (χ1) is 13.8. The number of aryl methyl sites for hydroxylation is 2. The van der Waals surface area contributed by atoms with Crippen LogP contribution in [0, 0.1) is 0 Å². The number of hydrogen-bond donors (Lipinski definition) is 2. The van der Waals surface area contributed by atoms with Crippen molar-refractivity contribution in [1.82, 2.24) is 4.90 Å². The number of hydrogen-bond acceptors (Lipinski definition) is 3. The fourth-order valence-electron chi connectivity index (χ4n) is 4.20. The Morgan fingerprint density at radius 2 is 1.72 bits per heavy atom. The Hall–Kier alpha value is -1.80. The van der Waals surface area contributed by atoms with E-state index in [1.54, 1.807) is 0 Å². The second kappa shape index (κ2) is 10.8. The van der Waals surface area contributed by atoms with E-state index in [-0.39, 0.29) is 24.0 Å². The highest BCUT2D eigenvalue weighted by molar-refractivity contribution is 14.0. The SMILES string of the molecule is I.NC(=NCCCN1CCN(c2ccccc2)CC1)Nc1ccc2c(c1)CCC2. The summed E-state index contributed by atoms with van der Waals surface area (Å²) >= 11 is 0. The van der Waals surface area contributed by atoms with Gasteiger partial charge in [-0.3, -0.25) is 9.89 Å². The zero-order valence-corrected chi connectivity index (χ0v) is 19.3. The Kier molecular flexibility index (Phi) is 8.18. The number of para-hydroxylation sites is 1. The molecule has 1 saturated heterocycles. The van der Waals surface area contributed by atoms with Gasteiger partial charge in [-0.2, -0.15) is 0 Å². The van der Waals surface area contributed by atoms with Crippen molar-refractivity contribution in [3.8, 4) is 0 Å². The maximum absolute atomic E-state index is 6.07. The van der Waals surface area contributed by atoms with Crippen molar-refractivity contribution in [2.75, 3.05) is 49.5 Å². The Balaban J connectivity index is 0.00000240. The van der Waals surface area contributed by atoms with Crippen molar-refractivity contribution < 1.29 is 0 Å². The molecular formula is C23H32IN5. The van der Waals surface area contributed by atoms with Crippen molar-refractivity contribution in [2.45, 2.75) is 25.7 Å². The first kappa shape index (κ1) is 21.9. The van der Waals surface area contributed by atoms with Gasteiger partial charge in [0.2, 0.25) is 0 Å². The number of anilines is 2. The third-order valence-corrected chi connectivity index (χ3v) is 5.78. The fraction of sp³-hybridized carbons (Fsp3) is 0.435. The number of guanidine groups is 1. The van der Waals surface area contributed by atoms with Crippen molar-refractivity contribution in [3.63, 3.8) is 0 Å². The van der Waals surface area contributed by atoms with Gasteiger partial charge in [0, 0.05) is 50.6 Å². The Morgan fingerprint density at radius 3 is 2.52 bits per heavy atom. The number of nitrogens with zero attached hydrogens (tertiary/aromatic N) is 3. The standard InChI is InChI=1S/C23H31N5.HI/c24-23(26-21-11-10-19-6-4-7-20(19)18-21)25-12-5-13-27-14-16-28(17-15-27)22-8-2-1-3-9-22;/h1-3,8-11,18H,4-7,12-17H2,(H3,24,25,26);1H. The van der Waals surface area contributed by atoms with E-state index in [2.05, 4.69) is 68.6 Å². The number of nitrogens with one attached hydrogen (secondary N) is 1. The van der Waals surface area contributed by atoms with Gasteiger partial charge in [-0.25, -0.2) is 0 Å². The van der Waals surface area contributed by atoms with E-state index in [0.717, 1.165) is 51.4 Å². The predicted molar refractivity (Wildman–Crippen MR) is 134 cm³/mol. The molecule has 2 aromatic rings. The van der Waals surface area contributed by atoms with Crippen molar-refractivity contribution in [3.05, 3.63) is 59.7 Å². The van der Waals surface area contributed by atoms with Crippen molar-refractivity contribution >= 4 is 41.3 Å². The Labute approximate surface area is 191 Å². The van der Waals surface area contributed by atoms with Gasteiger partial charge < -0.3 is 16.0 Å². The quantitative estimate of drug-likeness (QED) is 0.272. The van der Waals surface area contributed by atoms with E-state index in [1.807, 2.05) is 0 Å². The zero-order valence-electron chi connectivity index (χ0n) is 17.0. The van der Waals surface area contributed by atoms with Gasteiger partial charge in [-0.05, 0) is 61.1 Å². The topological polar surface area (TPSA) is 56.9 Å². The minimum absolute atomic E-state index is 0. The largest absolute Gasteiger partial charge is 0.370 e. The summed E-state index contributed by atoms with van der Waals surface area (Å²) < 4.78 is 0. The van der Waals surface area contributed by atoms with E-state index < -0.39 is 0 Å². The number of aliphatic imine (C=N–C) groups is 1. The number of piperazine rings is 1. The lowest BCUT2D eigenvalue weighted by Crippen LogP contribution is -2.46. The molecule has 0 unspecified atom stereocenters. The minimum atomic E-state index is 0. The third-order valence-electron chi connectivity index (χ3n) is 5.78. The molecule has 1 aliphatic carbocycles. The highest BCUT2D eigenvalue weighted by Gasteiger charge is 2.16. The van der Waals surface area contributed by atoms with Crippen LogP contribution in [0.15, 0.2) is 53.5 Å². The van der Waals surface area contributed by atoms with Crippen LogP contribution < -0.4 is 16.0 Å². The van der Waals surface area contributed by atoms with E-state index >= 15 is 0 Å². The van der Waals surface area contributed by atoms with E-state index in [1.165, 1.54) is 36.1 Å². The highest BCUT2D eigenvalue weighted by Crippen LogP contribution is 2.24. The average Bonchev–Trinajstić information content (AvgIpc) is 3.20. The molecule has 0 spiro atoms. The van der Waals surface area contributed by atoms with Gasteiger partial charge in [0.25, 0.3) is 0 Å². The second-order valence-electron chi connectivity index (χ2n) is 7.75. The summed E-state index contributed by atoms with van der Waals surface area (Å²) in [7, 11) is 0. The molecule has 1 aliphatic heterocycles. The molecule has 2 aliphatic rings. The number of fused-ring (bicyclic) bond motifs is 1. The molecule has 0 bridgehead atoms. The van der Waals surface area contributed by atoms with Gasteiger partial charge in [0.1, 0.15) is 0 Å². The number of nitrogens with two attached hydrogens (primary N) is 1. The van der Waals surface area contributed by atoms with E-state index in [9.17, 15) is 0 Å². The van der Waals surface area contributed by atoms with Crippen LogP contribution in [0.4, 0.5) is 11.4 Å². The van der Waals surface area contributed by atoms with Crippen LogP contribution in [0.1, 0.15) is 24.0 Å². The molecule has 0 saturated carbocycles. The monoisotopic (exact) mass is 505 g/mol. The second-order valence-corrected chi connectivity index (χ2v) is 7.75. The van der Waals surface area contributed by atoms with E-state index in [0.29, 0.717) is 5.96 Å². The van der Waals surface area contributed by atoms with Gasteiger partial charge in [-0.1, -0.05) is 24.3 Å². The predicted octanol–water partition coefficient (Wildman–Crippen LogP) is 3.73. The summed E-state index contributed by atoms with van der Waals surface area (Å²) in [5.74, 6) is 0.520. The van der Waals surface area contributed by atoms with Crippen LogP contribution in [0.25, 0.3) is 0 Å². The summed E-state index contributed by atoms with van der Waals surface area (Å²) in [5.41, 5.74) is 11.4. The van der Waals surface area contributed by atoms with Crippen LogP contribution in [-0.2, 0) is 12.8 Å². The van der Waals surface area contributed by atoms with E-state index in [4.69, 9.17) is 5.73 Å². The molecule has 2 aromatic carbocycles. The molecule has 156 valence electrons. The van der Waals surface area contributed by atoms with Gasteiger partial charge in [0.05, 0.1) is 0 Å². The molecular weight excluding hydrogens is 473 g/mol. The van der Waals surface area contributed by atoms with Crippen molar-refractivity contribution in [2.24, 2.45) is 10.7 Å². The molecule has 0 amide bonds. The van der Waals surface area contributed by atoms with Crippen molar-refractivity contribution in [1.29, 1.82) is 0 Å². The zero-order chi connectivity index (χ0) is 19.2. The van der Waals surface area contributed by atoms with Crippen LogP contribution in [0.3, 0.4) is 0 Å². The van der Waals surface area contributed by atoms with Gasteiger partial charge >= 0.3 is 0 Å². The third kappa shape index (κ3) is 6.09. The molecule has 0 radical (unpaired) electrons. The van der Waals surface area contributed by atoms with Crippen LogP contribution in [0.2, 0.25) is 0 Å². The molecule has 29 heavy (non-hydrogen) atoms. The lowest BCUT2D eigenvalue weighted by Gasteiger charge is -2.36. The molecule has 0 atom stereocenters. The summed E-state index contributed by atoms with van der Waals surface area (Å²) in [6.45, 7) is 6.26. The maximum Gasteiger partial charge on any atom is 0.193 e. The Morgan fingerprint density at radius 1 is 0.966 bits per heavy atom. The molecule has 1 heterocycles. The normalized spacial score (nSPS) is 17.0. The maximum atomic E-state index is 6.07. The average molecular weight is 505 g/mol. The van der Waals surface area contributed by atoms with Gasteiger partial charge in [-0.15, -0.1) is 24.0 Å². The van der Waals surface area contributed by atoms with Crippen LogP contribution >= 0.6 is 24.0 Å². The van der Waals surface area contributed by atoms with Crippen LogP contribution in [-0.4, -0.2) is 50.1 Å². The van der Waals surface area contributed by atoms with Gasteiger partial charge in [0.15, 0.2) is 5.96 Å². The lowest BCUT2D eigenvalue weighted by atomic mass is 10.1. The summed E-state index contributed by atoms with van der Waals surface area (Å²) in [6, 6.07) is 17.2. The molecule has 0 aromatic heterocycles. The molecule has 1 fully saturated rings. The Bertz CT molecular complexity index is 800. The lowest BCUT2D eigenvalue weighted by molar-refractivity contribution is 0.256. The highest BCUT2D eigenvalue weighted by atomic mass is 127. The smallest absolute Gasteiger partial charge is 0.193 e. The molecule has 5 nitrogen and oxygen atoms in total. The number of benzene rings is 2. The number of rotatable bonds is 6. The van der Waals surface area contributed by atoms with Crippen LogP contribution in [0.5, 0.6) is 0 Å². The molecule has 6 heteroatoms. The fourth-order valence-corrected chi connectivity index (χ4v) is 4.20. The first-order valence-corrected chi connectivity index (χ1v) is 10.5. The summed E-state index contributed by atoms with van der Waals surface area (Å²) in [6.07, 6.45) is 4.69. The molecule has 4 rings (SSSR count). The number of halogens is 1. The molecule has 3 N–H and O–H groups in total. The minimum Gasteiger partial charge on any atom is -0.370 e. The first-order valence-electron chi connectivity index (χ1n) is 10.5.